The van der Waals surface area contributed by atoms with E-state index in [1.54, 1.807) is 0 Å². The molecule has 0 aliphatic heterocycles. The minimum absolute atomic E-state index is 0.127. The van der Waals surface area contributed by atoms with Crippen molar-refractivity contribution in [2.75, 3.05) is 19.8 Å². The summed E-state index contributed by atoms with van der Waals surface area (Å²) in [5.74, 6) is 1.14. The Morgan fingerprint density at radius 2 is 2.00 bits per heavy atom. The topological polar surface area (TPSA) is 55.5 Å². The largest absolute Gasteiger partial charge is 0.493 e. The van der Waals surface area contributed by atoms with Crippen LogP contribution < -0.4 is 10.5 Å². The van der Waals surface area contributed by atoms with Gasteiger partial charge >= 0.3 is 0 Å². The van der Waals surface area contributed by atoms with E-state index in [9.17, 15) is 5.11 Å². The van der Waals surface area contributed by atoms with Crippen molar-refractivity contribution < 1.29 is 9.84 Å². The van der Waals surface area contributed by atoms with Crippen molar-refractivity contribution in [3.63, 3.8) is 0 Å². The Hall–Kier alpha value is -1.06. The number of benzene rings is 1. The summed E-state index contributed by atoms with van der Waals surface area (Å²) in [4.78, 5) is 0. The van der Waals surface area contributed by atoms with E-state index in [1.165, 1.54) is 11.1 Å². The van der Waals surface area contributed by atoms with E-state index in [0.29, 0.717) is 6.54 Å². The molecule has 0 heterocycles. The van der Waals surface area contributed by atoms with Gasteiger partial charge in [0.15, 0.2) is 0 Å². The lowest BCUT2D eigenvalue weighted by Crippen LogP contribution is -2.19. The summed E-state index contributed by atoms with van der Waals surface area (Å²) in [6, 6.07) is 6.48. The molecule has 120 valence electrons. The summed E-state index contributed by atoms with van der Waals surface area (Å²) in [6.07, 6.45) is 2.79. The van der Waals surface area contributed by atoms with Crippen molar-refractivity contribution in [1.82, 2.24) is 0 Å². The molecule has 1 atom stereocenters. The molecule has 3 heteroatoms. The van der Waals surface area contributed by atoms with E-state index in [2.05, 4.69) is 45.9 Å². The van der Waals surface area contributed by atoms with Crippen LogP contribution in [-0.2, 0) is 11.8 Å². The Morgan fingerprint density at radius 1 is 1.29 bits per heavy atom. The fraction of sp³-hybridized carbons (Fsp3) is 0.667. The van der Waals surface area contributed by atoms with Gasteiger partial charge in [-0.05, 0) is 54.3 Å². The summed E-state index contributed by atoms with van der Waals surface area (Å²) in [5.41, 5.74) is 8.34. The van der Waals surface area contributed by atoms with Gasteiger partial charge in [0.1, 0.15) is 5.75 Å². The molecule has 0 amide bonds. The monoisotopic (exact) mass is 293 g/mol. The summed E-state index contributed by atoms with van der Waals surface area (Å²) in [6.45, 7) is 10.2. The lowest BCUT2D eigenvalue weighted by Gasteiger charge is -2.22. The molecule has 0 saturated carbocycles. The second kappa shape index (κ2) is 8.40. The lowest BCUT2D eigenvalue weighted by molar-refractivity contribution is 0.222. The molecule has 0 bridgehead atoms. The molecule has 1 aromatic carbocycles. The van der Waals surface area contributed by atoms with Crippen LogP contribution in [0.3, 0.4) is 0 Å². The van der Waals surface area contributed by atoms with E-state index in [-0.39, 0.29) is 17.9 Å². The Kier molecular flexibility index (Phi) is 7.20. The Morgan fingerprint density at radius 3 is 2.52 bits per heavy atom. The van der Waals surface area contributed by atoms with Crippen molar-refractivity contribution in [3.8, 4) is 5.75 Å². The van der Waals surface area contributed by atoms with Crippen LogP contribution in [0.15, 0.2) is 18.2 Å². The van der Waals surface area contributed by atoms with Crippen LogP contribution in [0.4, 0.5) is 0 Å². The number of aryl methyl sites for hydroxylation is 1. The fourth-order valence-corrected chi connectivity index (χ4v) is 2.24. The van der Waals surface area contributed by atoms with Crippen molar-refractivity contribution in [1.29, 1.82) is 0 Å². The quantitative estimate of drug-likeness (QED) is 0.773. The zero-order chi connectivity index (χ0) is 15.9. The summed E-state index contributed by atoms with van der Waals surface area (Å²) in [7, 11) is 0. The first-order valence-electron chi connectivity index (χ1n) is 7.99. The first kappa shape index (κ1) is 18.0. The number of aliphatic hydroxyl groups excluding tert-OH is 1. The fourth-order valence-electron chi connectivity index (χ4n) is 2.24. The van der Waals surface area contributed by atoms with Gasteiger partial charge in [-0.2, -0.15) is 0 Å². The standard InChI is InChI=1S/C18H31NO2/c1-5-10-21-17-9-8-16(18(2,3)4)11-15(17)7-6-14(12-19)13-20/h8-9,11,14,20H,5-7,10,12-13,19H2,1-4H3. The predicted octanol–water partition coefficient (Wildman–Crippen LogP) is 3.27. The Labute approximate surface area is 129 Å². The molecule has 0 spiro atoms. The second-order valence-electron chi connectivity index (χ2n) is 6.74. The van der Waals surface area contributed by atoms with Crippen molar-refractivity contribution >= 4 is 0 Å². The molecule has 3 nitrogen and oxygen atoms in total. The smallest absolute Gasteiger partial charge is 0.122 e. The van der Waals surface area contributed by atoms with Gasteiger partial charge in [0.25, 0.3) is 0 Å². The molecule has 0 radical (unpaired) electrons. The normalized spacial score (nSPS) is 13.2. The summed E-state index contributed by atoms with van der Waals surface area (Å²) < 4.78 is 5.86. The maximum absolute atomic E-state index is 9.29. The second-order valence-corrected chi connectivity index (χ2v) is 6.74. The summed E-state index contributed by atoms with van der Waals surface area (Å²) in [5, 5.41) is 9.29. The van der Waals surface area contributed by atoms with Crippen LogP contribution in [0.25, 0.3) is 0 Å². The molecule has 0 aliphatic rings. The van der Waals surface area contributed by atoms with Crippen LogP contribution in [0.1, 0.15) is 51.7 Å². The molecule has 1 unspecified atom stereocenters. The van der Waals surface area contributed by atoms with E-state index in [4.69, 9.17) is 10.5 Å². The van der Waals surface area contributed by atoms with E-state index in [0.717, 1.165) is 31.6 Å². The number of hydrogen-bond acceptors (Lipinski definition) is 3. The maximum Gasteiger partial charge on any atom is 0.122 e. The molecular weight excluding hydrogens is 262 g/mol. The van der Waals surface area contributed by atoms with Gasteiger partial charge in [-0.3, -0.25) is 0 Å². The third-order valence-corrected chi connectivity index (χ3v) is 3.80. The zero-order valence-corrected chi connectivity index (χ0v) is 14.0. The number of aliphatic hydroxyl groups is 1. The minimum atomic E-state index is 0.127. The molecule has 0 aromatic heterocycles. The third-order valence-electron chi connectivity index (χ3n) is 3.80. The van der Waals surface area contributed by atoms with Crippen LogP contribution in [0.2, 0.25) is 0 Å². The van der Waals surface area contributed by atoms with E-state index >= 15 is 0 Å². The maximum atomic E-state index is 9.29. The molecule has 1 rings (SSSR count). The zero-order valence-electron chi connectivity index (χ0n) is 14.0. The number of nitrogens with two attached hydrogens (primary N) is 1. The van der Waals surface area contributed by atoms with Crippen LogP contribution in [-0.4, -0.2) is 24.9 Å². The molecule has 1 aromatic rings. The van der Waals surface area contributed by atoms with Gasteiger partial charge in [0.05, 0.1) is 6.61 Å². The highest BCUT2D eigenvalue weighted by molar-refractivity contribution is 5.40. The van der Waals surface area contributed by atoms with Gasteiger partial charge in [0, 0.05) is 6.61 Å². The predicted molar refractivity (Wildman–Crippen MR) is 88.9 cm³/mol. The van der Waals surface area contributed by atoms with Gasteiger partial charge in [0.2, 0.25) is 0 Å². The molecular formula is C18H31NO2. The SMILES string of the molecule is CCCOc1ccc(C(C)(C)C)cc1CCC(CN)CO. The molecule has 0 fully saturated rings. The van der Waals surface area contributed by atoms with Gasteiger partial charge in [-0.15, -0.1) is 0 Å². The van der Waals surface area contributed by atoms with Crippen molar-refractivity contribution in [2.24, 2.45) is 11.7 Å². The average Bonchev–Trinajstić information content (AvgIpc) is 2.45. The van der Waals surface area contributed by atoms with E-state index < -0.39 is 0 Å². The third kappa shape index (κ3) is 5.68. The average molecular weight is 293 g/mol. The van der Waals surface area contributed by atoms with Gasteiger partial charge in [-0.25, -0.2) is 0 Å². The number of ether oxygens (including phenoxy) is 1. The molecule has 21 heavy (non-hydrogen) atoms. The minimum Gasteiger partial charge on any atom is -0.493 e. The van der Waals surface area contributed by atoms with Crippen molar-refractivity contribution in [3.05, 3.63) is 29.3 Å². The number of rotatable bonds is 8. The summed E-state index contributed by atoms with van der Waals surface area (Å²) >= 11 is 0. The molecule has 3 N–H and O–H groups in total. The lowest BCUT2D eigenvalue weighted by atomic mass is 9.85. The first-order chi connectivity index (χ1) is 9.92. The van der Waals surface area contributed by atoms with Crippen LogP contribution in [0.5, 0.6) is 5.75 Å². The first-order valence-corrected chi connectivity index (χ1v) is 7.99. The van der Waals surface area contributed by atoms with Crippen LogP contribution in [0, 0.1) is 5.92 Å². The Bertz CT molecular complexity index is 420. The molecule has 0 aliphatic carbocycles. The van der Waals surface area contributed by atoms with Gasteiger partial charge < -0.3 is 15.6 Å². The van der Waals surface area contributed by atoms with E-state index in [1.807, 2.05) is 0 Å². The van der Waals surface area contributed by atoms with Crippen molar-refractivity contribution in [2.45, 2.75) is 52.4 Å². The number of hydrogen-bond donors (Lipinski definition) is 2. The highest BCUT2D eigenvalue weighted by Gasteiger charge is 2.16. The molecule has 0 saturated heterocycles. The van der Waals surface area contributed by atoms with Gasteiger partial charge in [-0.1, -0.05) is 39.8 Å². The highest BCUT2D eigenvalue weighted by atomic mass is 16.5. The van der Waals surface area contributed by atoms with Crippen LogP contribution >= 0.6 is 0 Å². The highest BCUT2D eigenvalue weighted by Crippen LogP contribution is 2.29. The Balaban J connectivity index is 2.93.